The summed E-state index contributed by atoms with van der Waals surface area (Å²) >= 11 is 5.27. The maximum Gasteiger partial charge on any atom is 0.307 e. The third kappa shape index (κ3) is 5.12. The van der Waals surface area contributed by atoms with Crippen LogP contribution in [0.2, 0.25) is 0 Å². The van der Waals surface area contributed by atoms with Gasteiger partial charge in [-0.1, -0.05) is 42.5 Å². The summed E-state index contributed by atoms with van der Waals surface area (Å²) in [6, 6.07) is 22.6. The monoisotopic (exact) mass is 485 g/mol. The Morgan fingerprint density at radius 3 is 2.57 bits per heavy atom. The SMILES string of the molecule is O=C(O)C1CCCN(C(c2ccc(OCc3ccccc3)cc2)c2ccc(Br)s2)C1. The third-order valence-corrected chi connectivity index (χ3v) is 7.15. The highest BCUT2D eigenvalue weighted by atomic mass is 79.9. The summed E-state index contributed by atoms with van der Waals surface area (Å²) < 4.78 is 7.02. The van der Waals surface area contributed by atoms with E-state index in [0.717, 1.165) is 40.0 Å². The van der Waals surface area contributed by atoms with Gasteiger partial charge in [0, 0.05) is 11.4 Å². The fraction of sp³-hybridized carbons (Fsp3) is 0.292. The number of carboxylic acid groups (broad SMARTS) is 1. The molecule has 2 unspecified atom stereocenters. The first-order chi connectivity index (χ1) is 14.6. The Morgan fingerprint density at radius 2 is 1.90 bits per heavy atom. The van der Waals surface area contributed by atoms with Crippen molar-refractivity contribution in [1.82, 2.24) is 4.90 Å². The maximum absolute atomic E-state index is 11.6. The molecule has 1 aliphatic rings. The molecule has 0 saturated carbocycles. The molecule has 30 heavy (non-hydrogen) atoms. The molecular weight excluding hydrogens is 462 g/mol. The molecule has 4 nitrogen and oxygen atoms in total. The lowest BCUT2D eigenvalue weighted by Gasteiger charge is -2.37. The number of halogens is 1. The standard InChI is InChI=1S/C24H24BrNO3S/c25-22-13-12-21(30-22)23(26-14-4-7-19(15-26)24(27)28)18-8-10-20(11-9-18)29-16-17-5-2-1-3-6-17/h1-3,5-6,8-13,19,23H,4,7,14-16H2,(H,27,28). The van der Waals surface area contributed by atoms with Crippen LogP contribution >= 0.6 is 27.3 Å². The van der Waals surface area contributed by atoms with Crippen LogP contribution in [0.1, 0.15) is 34.9 Å². The van der Waals surface area contributed by atoms with Crippen molar-refractivity contribution >= 4 is 33.2 Å². The highest BCUT2D eigenvalue weighted by molar-refractivity contribution is 9.11. The van der Waals surface area contributed by atoms with Gasteiger partial charge in [0.25, 0.3) is 0 Å². The topological polar surface area (TPSA) is 49.8 Å². The van der Waals surface area contributed by atoms with Crippen LogP contribution in [0.3, 0.4) is 0 Å². The van der Waals surface area contributed by atoms with Gasteiger partial charge >= 0.3 is 5.97 Å². The van der Waals surface area contributed by atoms with E-state index >= 15 is 0 Å². The smallest absolute Gasteiger partial charge is 0.307 e. The van der Waals surface area contributed by atoms with Gasteiger partial charge in [-0.05, 0) is 70.7 Å². The Kier molecular flexibility index (Phi) is 6.87. The number of carboxylic acids is 1. The van der Waals surface area contributed by atoms with Crippen molar-refractivity contribution < 1.29 is 14.6 Å². The summed E-state index contributed by atoms with van der Waals surface area (Å²) in [4.78, 5) is 15.1. The van der Waals surface area contributed by atoms with E-state index in [4.69, 9.17) is 4.74 Å². The summed E-state index contributed by atoms with van der Waals surface area (Å²) in [5, 5.41) is 9.52. The zero-order valence-electron chi connectivity index (χ0n) is 16.5. The number of piperidine rings is 1. The van der Waals surface area contributed by atoms with Gasteiger partial charge in [0.2, 0.25) is 0 Å². The number of aliphatic carboxylic acids is 1. The van der Waals surface area contributed by atoms with Crippen LogP contribution in [0.4, 0.5) is 0 Å². The lowest BCUT2D eigenvalue weighted by atomic mass is 9.94. The van der Waals surface area contributed by atoms with E-state index in [2.05, 4.69) is 45.1 Å². The fourth-order valence-electron chi connectivity index (χ4n) is 3.96. The number of carbonyl (C=O) groups is 1. The van der Waals surface area contributed by atoms with E-state index in [-0.39, 0.29) is 12.0 Å². The van der Waals surface area contributed by atoms with Crippen LogP contribution in [0.25, 0.3) is 0 Å². The molecule has 1 aliphatic heterocycles. The number of benzene rings is 2. The van der Waals surface area contributed by atoms with Gasteiger partial charge < -0.3 is 9.84 Å². The van der Waals surface area contributed by atoms with Crippen LogP contribution in [-0.2, 0) is 11.4 Å². The van der Waals surface area contributed by atoms with E-state index in [0.29, 0.717) is 13.2 Å². The van der Waals surface area contributed by atoms with Crippen molar-refractivity contribution in [2.75, 3.05) is 13.1 Å². The summed E-state index contributed by atoms with van der Waals surface area (Å²) in [6.07, 6.45) is 1.65. The first-order valence-corrected chi connectivity index (χ1v) is 11.7. The minimum Gasteiger partial charge on any atom is -0.489 e. The van der Waals surface area contributed by atoms with Gasteiger partial charge in [-0.15, -0.1) is 11.3 Å². The Hall–Kier alpha value is -2.15. The molecule has 0 spiro atoms. The Labute approximate surface area is 189 Å². The number of likely N-dealkylation sites (tertiary alicyclic amines) is 1. The highest BCUT2D eigenvalue weighted by Crippen LogP contribution is 2.38. The van der Waals surface area contributed by atoms with Gasteiger partial charge in [-0.25, -0.2) is 0 Å². The van der Waals surface area contributed by atoms with Crippen LogP contribution < -0.4 is 4.74 Å². The van der Waals surface area contributed by atoms with E-state index in [1.807, 2.05) is 42.5 Å². The minimum atomic E-state index is -0.699. The van der Waals surface area contributed by atoms with E-state index in [9.17, 15) is 9.90 Å². The first kappa shape index (κ1) is 21.1. The van der Waals surface area contributed by atoms with Crippen molar-refractivity contribution in [3.63, 3.8) is 0 Å². The number of thiophene rings is 1. The second kappa shape index (κ2) is 9.77. The zero-order chi connectivity index (χ0) is 20.9. The van der Waals surface area contributed by atoms with Crippen molar-refractivity contribution in [1.29, 1.82) is 0 Å². The number of ether oxygens (including phenoxy) is 1. The van der Waals surface area contributed by atoms with Gasteiger partial charge in [0.1, 0.15) is 12.4 Å². The number of hydrogen-bond acceptors (Lipinski definition) is 4. The molecule has 0 radical (unpaired) electrons. The Bertz CT molecular complexity index is 974. The molecule has 3 aromatic rings. The molecule has 1 saturated heterocycles. The summed E-state index contributed by atoms with van der Waals surface area (Å²) in [7, 11) is 0. The predicted octanol–water partition coefficient (Wildman–Crippen LogP) is 5.98. The largest absolute Gasteiger partial charge is 0.489 e. The van der Waals surface area contributed by atoms with Crippen LogP contribution in [0.15, 0.2) is 70.5 Å². The fourth-order valence-corrected chi connectivity index (χ4v) is 5.55. The molecule has 0 amide bonds. The van der Waals surface area contributed by atoms with Gasteiger partial charge in [0.15, 0.2) is 0 Å². The van der Waals surface area contributed by atoms with Crippen LogP contribution in [0.5, 0.6) is 5.75 Å². The number of rotatable bonds is 7. The molecule has 2 atom stereocenters. The average Bonchev–Trinajstić information content (AvgIpc) is 3.20. The van der Waals surface area contributed by atoms with E-state index in [1.54, 1.807) is 11.3 Å². The molecular formula is C24H24BrNO3S. The van der Waals surface area contributed by atoms with Crippen molar-refractivity contribution in [3.8, 4) is 5.75 Å². The van der Waals surface area contributed by atoms with Gasteiger partial charge in [0.05, 0.1) is 15.7 Å². The van der Waals surface area contributed by atoms with Crippen LogP contribution in [-0.4, -0.2) is 29.1 Å². The second-order valence-electron chi connectivity index (χ2n) is 7.56. The molecule has 0 aliphatic carbocycles. The van der Waals surface area contributed by atoms with Gasteiger partial charge in [-0.3, -0.25) is 9.69 Å². The highest BCUT2D eigenvalue weighted by Gasteiger charge is 2.32. The summed E-state index contributed by atoms with van der Waals surface area (Å²) in [6.45, 7) is 2.01. The Morgan fingerprint density at radius 1 is 1.13 bits per heavy atom. The molecule has 1 N–H and O–H groups in total. The summed E-state index contributed by atoms with van der Waals surface area (Å²) in [5.74, 6) is -0.177. The number of nitrogens with zero attached hydrogens (tertiary/aromatic N) is 1. The predicted molar refractivity (Wildman–Crippen MR) is 123 cm³/mol. The first-order valence-electron chi connectivity index (χ1n) is 10.1. The van der Waals surface area contributed by atoms with Crippen molar-refractivity contribution in [2.24, 2.45) is 5.92 Å². The Balaban J connectivity index is 1.54. The molecule has 2 aromatic carbocycles. The molecule has 1 fully saturated rings. The van der Waals surface area contributed by atoms with Crippen LogP contribution in [0, 0.1) is 5.92 Å². The minimum absolute atomic E-state index is 0.0478. The van der Waals surface area contributed by atoms with Crippen molar-refractivity contribution in [2.45, 2.75) is 25.5 Å². The van der Waals surface area contributed by atoms with Gasteiger partial charge in [-0.2, -0.15) is 0 Å². The molecule has 0 bridgehead atoms. The molecule has 6 heteroatoms. The number of hydrogen-bond donors (Lipinski definition) is 1. The normalized spacial score (nSPS) is 18.1. The van der Waals surface area contributed by atoms with E-state index in [1.165, 1.54) is 4.88 Å². The molecule has 1 aromatic heterocycles. The lowest BCUT2D eigenvalue weighted by Crippen LogP contribution is -2.41. The lowest BCUT2D eigenvalue weighted by molar-refractivity contribution is -0.143. The maximum atomic E-state index is 11.6. The average molecular weight is 486 g/mol. The van der Waals surface area contributed by atoms with E-state index < -0.39 is 5.97 Å². The van der Waals surface area contributed by atoms with Crippen molar-refractivity contribution in [3.05, 3.63) is 86.5 Å². The third-order valence-electron chi connectivity index (χ3n) is 5.47. The molecule has 2 heterocycles. The molecule has 156 valence electrons. The molecule has 4 rings (SSSR count). The zero-order valence-corrected chi connectivity index (χ0v) is 18.9. The quantitative estimate of drug-likeness (QED) is 0.447. The second-order valence-corrected chi connectivity index (χ2v) is 10.1. The summed E-state index contributed by atoms with van der Waals surface area (Å²) in [5.41, 5.74) is 2.29.